The Morgan fingerprint density at radius 1 is 0.379 bits per heavy atom. The van der Waals surface area contributed by atoms with Crippen LogP contribution in [0.4, 0.5) is 17.1 Å². The molecule has 0 spiro atoms. The first kappa shape index (κ1) is 40.3. The van der Waals surface area contributed by atoms with Crippen LogP contribution in [0.1, 0.15) is 22.3 Å². The van der Waals surface area contributed by atoms with Gasteiger partial charge in [-0.15, -0.1) is 16.4 Å². The van der Waals surface area contributed by atoms with E-state index in [0.717, 1.165) is 83.0 Å². The highest BCUT2D eigenvalue weighted by atomic mass is 16.3. The van der Waals surface area contributed by atoms with Crippen molar-refractivity contribution >= 4 is 154 Å². The second kappa shape index (κ2) is 15.2. The van der Waals surface area contributed by atoms with Crippen molar-refractivity contribution in [2.24, 2.45) is 0 Å². The van der Waals surface area contributed by atoms with Gasteiger partial charge in [-0.3, -0.25) is 0 Å². The van der Waals surface area contributed by atoms with Crippen LogP contribution in [0.25, 0.3) is 65.7 Å². The molecule has 1 aliphatic carbocycles. The fraction of sp³-hybridized carbons (Fsp3) is 0.0175. The van der Waals surface area contributed by atoms with Gasteiger partial charge in [0.1, 0.15) is 66.1 Å². The van der Waals surface area contributed by atoms with Crippen LogP contribution in [-0.4, -0.2) is 54.9 Å². The molecule has 0 aliphatic heterocycles. The standard InChI is InChI=1S/C57H30B7NO/c58-48-46-47(50(60)52(62)51(48)61)55(54(64)53(63)49(46)59)65(35-19-11-14-32(29-35)37-22-12-24-44-45(37)41-27-25-31-13-7-8-20-38(31)56(41)66-44)36-26-28-40-39-21-9-10-23-42(39)57(43(40)30-36,33-15-3-1-4-16-33)34-17-5-2-6-18-34/h1-30H. The van der Waals surface area contributed by atoms with Gasteiger partial charge in [0, 0.05) is 33.2 Å². The smallest absolute Gasteiger partial charge is 0.143 e. The Balaban J connectivity index is 1.18. The van der Waals surface area contributed by atoms with Crippen LogP contribution in [0.2, 0.25) is 0 Å². The van der Waals surface area contributed by atoms with Crippen molar-refractivity contribution in [2.45, 2.75) is 5.41 Å². The minimum absolute atomic E-state index is 0.120. The lowest BCUT2D eigenvalue weighted by molar-refractivity contribution is 0.673. The third-order valence-corrected chi connectivity index (χ3v) is 13.7. The van der Waals surface area contributed by atoms with E-state index >= 15 is 0 Å². The SMILES string of the molecule is [B]c1c([B])c([B])c2c(N(c3cccc(-c4cccc5oc6c7ccccc7ccc6c45)c3)c3ccc4c(c3)C(c3ccccc3)(c3ccccc3)c3ccccc3-4)c([B])c([B])c([B])c2c1[B]. The monoisotopic (exact) mass is 821 g/mol. The number of nitrogens with zero attached hydrogens (tertiary/aromatic N) is 1. The quantitative estimate of drug-likeness (QED) is 0.169. The van der Waals surface area contributed by atoms with Crippen molar-refractivity contribution in [1.82, 2.24) is 0 Å². The van der Waals surface area contributed by atoms with Gasteiger partial charge in [-0.25, -0.2) is 0 Å². The van der Waals surface area contributed by atoms with Gasteiger partial charge in [-0.2, -0.15) is 0 Å². The lowest BCUT2D eigenvalue weighted by atomic mass is 9.59. The summed E-state index contributed by atoms with van der Waals surface area (Å²) in [4.78, 5) is 2.09. The van der Waals surface area contributed by atoms with E-state index in [9.17, 15) is 0 Å². The molecule has 0 unspecified atom stereocenters. The average molecular weight is 821 g/mol. The first-order chi connectivity index (χ1) is 32.2. The van der Waals surface area contributed by atoms with E-state index in [2.05, 4.69) is 150 Å². The van der Waals surface area contributed by atoms with Gasteiger partial charge >= 0.3 is 0 Å². The van der Waals surface area contributed by atoms with Gasteiger partial charge in [0.15, 0.2) is 0 Å². The highest BCUT2D eigenvalue weighted by Crippen LogP contribution is 2.57. The molecule has 2 nitrogen and oxygen atoms in total. The van der Waals surface area contributed by atoms with Crippen molar-refractivity contribution < 1.29 is 4.42 Å². The molecule has 0 saturated heterocycles. The number of rotatable bonds is 6. The summed E-state index contributed by atoms with van der Waals surface area (Å²) >= 11 is 0. The van der Waals surface area contributed by atoms with Crippen LogP contribution >= 0.6 is 0 Å². The predicted octanol–water partition coefficient (Wildman–Crippen LogP) is 6.95. The van der Waals surface area contributed by atoms with Gasteiger partial charge in [-0.05, 0) is 97.1 Å². The van der Waals surface area contributed by atoms with E-state index < -0.39 is 5.41 Å². The first-order valence-corrected chi connectivity index (χ1v) is 21.8. The summed E-state index contributed by atoms with van der Waals surface area (Å²) in [6.45, 7) is 0. The first-order valence-electron chi connectivity index (χ1n) is 21.8. The molecule has 12 rings (SSSR count). The van der Waals surface area contributed by atoms with Gasteiger partial charge in [-0.1, -0.05) is 167 Å². The molecule has 0 bridgehead atoms. The molecule has 66 heavy (non-hydrogen) atoms. The zero-order chi connectivity index (χ0) is 45.0. The van der Waals surface area contributed by atoms with E-state index in [-0.39, 0.29) is 38.2 Å². The van der Waals surface area contributed by atoms with Crippen LogP contribution in [0.5, 0.6) is 0 Å². The second-order valence-electron chi connectivity index (χ2n) is 17.1. The molecule has 10 aromatic carbocycles. The Hall–Kier alpha value is -7.23. The molecule has 0 N–H and O–H groups in total. The van der Waals surface area contributed by atoms with E-state index in [1.165, 1.54) is 5.56 Å². The largest absolute Gasteiger partial charge is 0.455 e. The van der Waals surface area contributed by atoms with Crippen LogP contribution in [-0.2, 0) is 5.41 Å². The summed E-state index contributed by atoms with van der Waals surface area (Å²) < 4.78 is 6.64. The van der Waals surface area contributed by atoms with Crippen LogP contribution < -0.4 is 43.1 Å². The second-order valence-corrected chi connectivity index (χ2v) is 17.1. The fourth-order valence-corrected chi connectivity index (χ4v) is 10.7. The van der Waals surface area contributed by atoms with E-state index in [4.69, 9.17) is 59.3 Å². The summed E-state index contributed by atoms with van der Waals surface area (Å²) in [7, 11) is 47.9. The molecule has 14 radical (unpaired) electrons. The van der Waals surface area contributed by atoms with Crippen molar-refractivity contribution in [1.29, 1.82) is 0 Å². The summed E-state index contributed by atoms with van der Waals surface area (Å²) in [6.07, 6.45) is 0. The fourth-order valence-electron chi connectivity index (χ4n) is 10.7. The van der Waals surface area contributed by atoms with Crippen molar-refractivity contribution in [3.05, 3.63) is 204 Å². The predicted molar refractivity (Wildman–Crippen MR) is 284 cm³/mol. The van der Waals surface area contributed by atoms with Crippen molar-refractivity contribution in [3.63, 3.8) is 0 Å². The van der Waals surface area contributed by atoms with Crippen LogP contribution in [0.3, 0.4) is 0 Å². The lowest BCUT2D eigenvalue weighted by Crippen LogP contribution is -2.52. The highest BCUT2D eigenvalue weighted by Gasteiger charge is 2.46. The number of fused-ring (bicyclic) bond motifs is 9. The van der Waals surface area contributed by atoms with Crippen LogP contribution in [0.15, 0.2) is 186 Å². The summed E-state index contributed by atoms with van der Waals surface area (Å²) in [5.74, 6) is 0. The molecular formula is C57H30B7NO. The van der Waals surface area contributed by atoms with Gasteiger partial charge in [0.25, 0.3) is 0 Å². The number of hydrogen-bond donors (Lipinski definition) is 0. The van der Waals surface area contributed by atoms with E-state index in [1.54, 1.807) is 0 Å². The van der Waals surface area contributed by atoms with Crippen LogP contribution in [0, 0.1) is 0 Å². The number of anilines is 3. The molecule has 0 fully saturated rings. The minimum Gasteiger partial charge on any atom is -0.455 e. The average Bonchev–Trinajstić information content (AvgIpc) is 3.90. The topological polar surface area (TPSA) is 16.4 Å². The Bertz CT molecular complexity index is 3760. The minimum atomic E-state index is -0.698. The van der Waals surface area contributed by atoms with Gasteiger partial charge < -0.3 is 9.32 Å². The van der Waals surface area contributed by atoms with Crippen molar-refractivity contribution in [3.8, 4) is 22.3 Å². The molecule has 0 atom stereocenters. The Morgan fingerprint density at radius 3 is 1.71 bits per heavy atom. The third kappa shape index (κ3) is 5.65. The third-order valence-electron chi connectivity index (χ3n) is 13.7. The lowest BCUT2D eigenvalue weighted by Gasteiger charge is -2.36. The van der Waals surface area contributed by atoms with Gasteiger partial charge in [0.05, 0.1) is 5.41 Å². The number of furan rings is 1. The normalized spacial score (nSPS) is 12.8. The summed E-state index contributed by atoms with van der Waals surface area (Å²) in [5.41, 5.74) is 12.8. The maximum Gasteiger partial charge on any atom is 0.143 e. The molecule has 1 heterocycles. The molecule has 1 aromatic heterocycles. The maximum absolute atomic E-state index is 7.24. The number of hydrogen-bond acceptors (Lipinski definition) is 2. The molecule has 1 aliphatic rings. The van der Waals surface area contributed by atoms with Crippen molar-refractivity contribution in [2.75, 3.05) is 4.90 Å². The zero-order valence-electron chi connectivity index (χ0n) is 35.7. The summed E-state index contributed by atoms with van der Waals surface area (Å²) in [5, 5.41) is 5.01. The molecule has 11 aromatic rings. The summed E-state index contributed by atoms with van der Waals surface area (Å²) in [6, 6.07) is 63.6. The molecule has 0 saturated carbocycles. The molecule has 290 valence electrons. The number of benzene rings is 10. The zero-order valence-corrected chi connectivity index (χ0v) is 35.7. The molecular weight excluding hydrogens is 790 g/mol. The Labute approximate surface area is 392 Å². The van der Waals surface area contributed by atoms with E-state index in [1.807, 2.05) is 36.4 Å². The van der Waals surface area contributed by atoms with Gasteiger partial charge in [0.2, 0.25) is 0 Å². The van der Waals surface area contributed by atoms with E-state index in [0.29, 0.717) is 16.5 Å². The highest BCUT2D eigenvalue weighted by molar-refractivity contribution is 6.72. The maximum atomic E-state index is 7.24. The molecule has 0 amide bonds. The Kier molecular flexibility index (Phi) is 9.27. The molecule has 9 heteroatoms. The Morgan fingerprint density at radius 2 is 0.970 bits per heavy atom.